The first-order valence-electron chi connectivity index (χ1n) is 15.2. The van der Waals surface area contributed by atoms with E-state index in [2.05, 4.69) is 31.7 Å². The Balaban J connectivity index is 0. The van der Waals surface area contributed by atoms with Crippen LogP contribution in [0.3, 0.4) is 0 Å². The van der Waals surface area contributed by atoms with Gasteiger partial charge in [-0.15, -0.1) is 0 Å². The second-order valence-electron chi connectivity index (χ2n) is 7.97. The van der Waals surface area contributed by atoms with Crippen LogP contribution in [0.15, 0.2) is 89.5 Å². The van der Waals surface area contributed by atoms with Gasteiger partial charge in [0.05, 0.1) is 28.9 Å². The van der Waals surface area contributed by atoms with Crippen LogP contribution in [0.1, 0.15) is 76.9 Å². The Labute approximate surface area is 283 Å². The molecule has 0 unspecified atom stereocenters. The molecule has 0 aliphatic heterocycles. The van der Waals surface area contributed by atoms with Crippen LogP contribution in [0.25, 0.3) is 5.69 Å². The Morgan fingerprint density at radius 1 is 0.872 bits per heavy atom. The Morgan fingerprint density at radius 2 is 1.45 bits per heavy atom. The molecule has 47 heavy (non-hydrogen) atoms. The molecule has 1 heterocycles. The summed E-state index contributed by atoms with van der Waals surface area (Å²) in [7, 11) is 0. The third-order valence-electron chi connectivity index (χ3n) is 5.09. The number of hydrogen-bond donors (Lipinski definition) is 2. The summed E-state index contributed by atoms with van der Waals surface area (Å²) < 4.78 is 40.7. The number of anilines is 1. The number of halogens is 4. The number of hydrogen-bond acceptors (Lipinski definition) is 5. The topological polar surface area (TPSA) is 119 Å². The van der Waals surface area contributed by atoms with Gasteiger partial charge < -0.3 is 10.6 Å². The molecule has 0 saturated carbocycles. The van der Waals surface area contributed by atoms with Crippen molar-refractivity contribution in [1.82, 2.24) is 15.1 Å². The molecule has 0 atom stereocenters. The van der Waals surface area contributed by atoms with Gasteiger partial charge in [0, 0.05) is 27.7 Å². The number of nitro groups is 1. The van der Waals surface area contributed by atoms with Crippen molar-refractivity contribution < 1.29 is 27.7 Å². The second kappa shape index (κ2) is 24.7. The maximum absolute atomic E-state index is 12.8. The predicted octanol–water partition coefficient (Wildman–Crippen LogP) is 10.0. The Hall–Kier alpha value is -4.52. The number of amides is 2. The van der Waals surface area contributed by atoms with Gasteiger partial charge in [-0.1, -0.05) is 102 Å². The number of benzene rings is 3. The summed E-state index contributed by atoms with van der Waals surface area (Å²) in [5.74, 6) is -0.907. The molecule has 0 saturated heterocycles. The van der Waals surface area contributed by atoms with Crippen LogP contribution in [-0.2, 0) is 11.0 Å². The highest BCUT2D eigenvalue weighted by Crippen LogP contribution is 2.29. The zero-order valence-electron chi connectivity index (χ0n) is 28.3. The molecule has 2 amide bonds. The fraction of sp³-hybridized carbons (Fsp3) is 0.324. The van der Waals surface area contributed by atoms with E-state index in [1.807, 2.05) is 79.7 Å². The lowest BCUT2D eigenvalue weighted by Crippen LogP contribution is -2.33. The maximum Gasteiger partial charge on any atom is 0.416 e. The van der Waals surface area contributed by atoms with Gasteiger partial charge in [-0.3, -0.25) is 19.7 Å². The summed E-state index contributed by atoms with van der Waals surface area (Å²) in [4.78, 5) is 34.1. The number of nitro benzene ring substituents is 1. The molecule has 0 aliphatic carbocycles. The van der Waals surface area contributed by atoms with Crippen LogP contribution >= 0.6 is 15.9 Å². The van der Waals surface area contributed by atoms with E-state index in [-0.39, 0.29) is 11.3 Å². The van der Waals surface area contributed by atoms with Crippen LogP contribution in [-0.4, -0.2) is 33.1 Å². The number of nitrogens with one attached hydrogen (secondary N) is 2. The van der Waals surface area contributed by atoms with Gasteiger partial charge in [-0.25, -0.2) is 4.68 Å². The second-order valence-corrected chi connectivity index (χ2v) is 8.89. The van der Waals surface area contributed by atoms with E-state index >= 15 is 0 Å². The Bertz CT molecular complexity index is 1480. The van der Waals surface area contributed by atoms with E-state index in [1.54, 1.807) is 31.3 Å². The zero-order valence-corrected chi connectivity index (χ0v) is 29.9. The highest BCUT2D eigenvalue weighted by molar-refractivity contribution is 9.10. The van der Waals surface area contributed by atoms with Gasteiger partial charge in [0.1, 0.15) is 5.82 Å². The first-order chi connectivity index (χ1) is 22.5. The molecule has 258 valence electrons. The largest absolute Gasteiger partial charge is 0.416 e. The van der Waals surface area contributed by atoms with Gasteiger partial charge >= 0.3 is 6.18 Å². The summed E-state index contributed by atoms with van der Waals surface area (Å²) in [5, 5.41) is 19.2. The highest BCUT2D eigenvalue weighted by atomic mass is 79.9. The lowest BCUT2D eigenvalue weighted by Gasteiger charge is -2.12. The fourth-order valence-electron chi connectivity index (χ4n) is 3.21. The number of alkyl halides is 3. The van der Waals surface area contributed by atoms with Crippen molar-refractivity contribution >= 4 is 39.2 Å². The Kier molecular flexibility index (Phi) is 23.4. The smallest absolute Gasteiger partial charge is 0.343 e. The minimum Gasteiger partial charge on any atom is -0.343 e. The number of carbonyl (C=O) groups is 2. The van der Waals surface area contributed by atoms with Crippen molar-refractivity contribution in [3.05, 3.63) is 116 Å². The highest BCUT2D eigenvalue weighted by Gasteiger charge is 2.31. The molecule has 13 heteroatoms. The van der Waals surface area contributed by atoms with Crippen molar-refractivity contribution in [3.8, 4) is 5.69 Å². The molecule has 3 aromatic carbocycles. The Morgan fingerprint density at radius 3 is 1.96 bits per heavy atom. The van der Waals surface area contributed by atoms with E-state index < -0.39 is 35.0 Å². The molecule has 0 radical (unpaired) electrons. The number of aryl methyl sites for hydroxylation is 1. The van der Waals surface area contributed by atoms with E-state index in [9.17, 15) is 32.9 Å². The number of nitrogens with zero attached hydrogens (tertiary/aromatic N) is 3. The first kappa shape index (κ1) is 44.6. The molecule has 1 aromatic heterocycles. The molecule has 0 aliphatic rings. The van der Waals surface area contributed by atoms with Gasteiger partial charge in [0.25, 0.3) is 11.6 Å². The van der Waals surface area contributed by atoms with E-state index in [4.69, 9.17) is 0 Å². The average molecular weight is 725 g/mol. The number of rotatable bonds is 6. The number of aromatic nitrogens is 2. The average Bonchev–Trinajstić information content (AvgIpc) is 3.46. The normalized spacial score (nSPS) is 9.38. The van der Waals surface area contributed by atoms with Crippen molar-refractivity contribution in [2.24, 2.45) is 0 Å². The van der Waals surface area contributed by atoms with Crippen LogP contribution in [0.4, 0.5) is 24.7 Å². The summed E-state index contributed by atoms with van der Waals surface area (Å²) in [6.45, 7) is 17.3. The molecular formula is C34H45BrF3N5O4. The minimum absolute atomic E-state index is 0.137. The standard InChI is InChI=1S/C20H16BrF3N4O2.C6H5NO2.4C2H6/c1-12-10-26-28(16-7-3-6-15(21)9-16)18(12)27-17(29)11-25-19(30)13-4-2-5-14(8-13)20(22,23)24;8-7(9)6-4-2-1-3-5-6;4*1-2/h2-10H,11H2,1H3,(H,25,30)(H,27,29);1-5H;4*1-2H3. The third-order valence-corrected chi connectivity index (χ3v) is 5.58. The molecule has 0 fully saturated rings. The number of non-ortho nitro benzene ring substituents is 1. The van der Waals surface area contributed by atoms with Gasteiger partial charge in [-0.05, 0) is 43.3 Å². The molecule has 9 nitrogen and oxygen atoms in total. The SMILES string of the molecule is CC.CC.CC.CC.Cc1cnn(-c2cccc(Br)c2)c1NC(=O)CNC(=O)c1cccc(C(F)(F)F)c1.O=[N+]([O-])c1ccccc1. The molecular weight excluding hydrogens is 679 g/mol. The maximum atomic E-state index is 12.8. The molecule has 2 N–H and O–H groups in total. The van der Waals surface area contributed by atoms with E-state index in [1.165, 1.54) is 22.9 Å². The number of carbonyl (C=O) groups excluding carboxylic acids is 2. The van der Waals surface area contributed by atoms with Crippen LogP contribution < -0.4 is 10.6 Å². The summed E-state index contributed by atoms with van der Waals surface area (Å²) in [6, 6.07) is 19.2. The summed E-state index contributed by atoms with van der Waals surface area (Å²) in [5.41, 5.74) is 0.423. The van der Waals surface area contributed by atoms with Crippen LogP contribution in [0.5, 0.6) is 0 Å². The van der Waals surface area contributed by atoms with Gasteiger partial charge in [0.2, 0.25) is 5.91 Å². The van der Waals surface area contributed by atoms with Crippen molar-refractivity contribution in [2.45, 2.75) is 68.5 Å². The van der Waals surface area contributed by atoms with Crippen molar-refractivity contribution in [1.29, 1.82) is 0 Å². The van der Waals surface area contributed by atoms with Crippen LogP contribution in [0, 0.1) is 17.0 Å². The number of para-hydroxylation sites is 1. The summed E-state index contributed by atoms with van der Waals surface area (Å²) in [6.07, 6.45) is -2.98. The molecule has 0 spiro atoms. The lowest BCUT2D eigenvalue weighted by atomic mass is 10.1. The van der Waals surface area contributed by atoms with E-state index in [0.717, 1.165) is 22.7 Å². The van der Waals surface area contributed by atoms with Crippen LogP contribution in [0.2, 0.25) is 0 Å². The lowest BCUT2D eigenvalue weighted by molar-refractivity contribution is -0.384. The molecule has 0 bridgehead atoms. The third kappa shape index (κ3) is 16.0. The van der Waals surface area contributed by atoms with Crippen molar-refractivity contribution in [3.63, 3.8) is 0 Å². The van der Waals surface area contributed by atoms with Gasteiger partial charge in [0.15, 0.2) is 0 Å². The quantitative estimate of drug-likeness (QED) is 0.152. The zero-order chi connectivity index (χ0) is 36.6. The van der Waals surface area contributed by atoms with Crippen molar-refractivity contribution in [2.75, 3.05) is 11.9 Å². The summed E-state index contributed by atoms with van der Waals surface area (Å²) >= 11 is 3.38. The van der Waals surface area contributed by atoms with Gasteiger partial charge in [-0.2, -0.15) is 18.3 Å². The molecule has 4 aromatic rings. The minimum atomic E-state index is -4.56. The monoisotopic (exact) mass is 723 g/mol. The van der Waals surface area contributed by atoms with E-state index in [0.29, 0.717) is 17.1 Å². The molecule has 4 rings (SSSR count). The predicted molar refractivity (Wildman–Crippen MR) is 187 cm³/mol. The first-order valence-corrected chi connectivity index (χ1v) is 16.0. The fourth-order valence-corrected chi connectivity index (χ4v) is 3.60.